The molecule has 1 N–H and O–H groups in total. The van der Waals surface area contributed by atoms with Gasteiger partial charge in [0.2, 0.25) is 0 Å². The Hall–Kier alpha value is -0.350. The van der Waals surface area contributed by atoms with Gasteiger partial charge in [0.25, 0.3) is 0 Å². The lowest BCUT2D eigenvalue weighted by atomic mass is 10.1. The molecule has 0 bridgehead atoms. The van der Waals surface area contributed by atoms with E-state index in [9.17, 15) is 4.39 Å². The van der Waals surface area contributed by atoms with E-state index in [-0.39, 0.29) is 11.1 Å². The first-order chi connectivity index (χ1) is 8.93. The molecule has 0 saturated heterocycles. The van der Waals surface area contributed by atoms with Gasteiger partial charge in [-0.05, 0) is 25.0 Å². The third kappa shape index (κ3) is 5.27. The van der Waals surface area contributed by atoms with Gasteiger partial charge in [-0.3, -0.25) is 0 Å². The van der Waals surface area contributed by atoms with E-state index in [1.54, 1.807) is 0 Å². The molecule has 0 heterocycles. The molecular weight excluding hydrogens is 288 g/mol. The molecule has 0 aliphatic rings. The van der Waals surface area contributed by atoms with Crippen molar-refractivity contribution in [1.29, 1.82) is 0 Å². The molecule has 1 unspecified atom stereocenters. The second kappa shape index (κ2) is 8.05. The van der Waals surface area contributed by atoms with E-state index in [4.69, 9.17) is 27.9 Å². The maximum Gasteiger partial charge on any atom is 0.142 e. The van der Waals surface area contributed by atoms with E-state index in [1.807, 2.05) is 6.92 Å². The minimum Gasteiger partial charge on any atom is -0.380 e. The predicted molar refractivity (Wildman–Crippen MR) is 78.5 cm³/mol. The van der Waals surface area contributed by atoms with Gasteiger partial charge in [0.1, 0.15) is 5.82 Å². The molecule has 0 aliphatic heterocycles. The van der Waals surface area contributed by atoms with Crippen molar-refractivity contribution in [3.8, 4) is 0 Å². The monoisotopic (exact) mass is 307 g/mol. The topological polar surface area (TPSA) is 21.3 Å². The van der Waals surface area contributed by atoms with E-state index in [1.165, 1.54) is 12.1 Å². The van der Waals surface area contributed by atoms with Crippen LogP contribution in [-0.2, 0) is 4.74 Å². The van der Waals surface area contributed by atoms with Crippen LogP contribution in [0.4, 0.5) is 4.39 Å². The maximum absolute atomic E-state index is 13.4. The molecule has 0 amide bonds. The van der Waals surface area contributed by atoms with Gasteiger partial charge in [-0.2, -0.15) is 0 Å². The largest absolute Gasteiger partial charge is 0.380 e. The second-order valence-electron chi connectivity index (χ2n) is 4.90. The number of halogens is 3. The summed E-state index contributed by atoms with van der Waals surface area (Å²) in [5, 5.41) is 3.77. The van der Waals surface area contributed by atoms with Crippen LogP contribution >= 0.6 is 23.2 Å². The highest BCUT2D eigenvalue weighted by atomic mass is 35.5. The van der Waals surface area contributed by atoms with Gasteiger partial charge in [0, 0.05) is 29.8 Å². The summed E-state index contributed by atoms with van der Waals surface area (Å²) in [6.07, 6.45) is 0. The van der Waals surface area contributed by atoms with Crippen LogP contribution in [0, 0.1) is 11.7 Å². The molecule has 1 rings (SSSR count). The summed E-state index contributed by atoms with van der Waals surface area (Å²) in [6.45, 7) is 8.10. The Balaban J connectivity index is 2.50. The molecule has 0 saturated carbocycles. The average molecular weight is 308 g/mol. The van der Waals surface area contributed by atoms with E-state index < -0.39 is 5.82 Å². The highest BCUT2D eigenvalue weighted by Gasteiger charge is 2.16. The third-order valence-electron chi connectivity index (χ3n) is 2.66. The molecule has 108 valence electrons. The lowest BCUT2D eigenvalue weighted by Crippen LogP contribution is -2.24. The Morgan fingerprint density at radius 2 is 1.95 bits per heavy atom. The molecule has 0 radical (unpaired) electrons. The van der Waals surface area contributed by atoms with Gasteiger partial charge >= 0.3 is 0 Å². The second-order valence-corrected chi connectivity index (χ2v) is 5.69. The lowest BCUT2D eigenvalue weighted by molar-refractivity contribution is 0.110. The summed E-state index contributed by atoms with van der Waals surface area (Å²) >= 11 is 12.0. The fourth-order valence-electron chi connectivity index (χ4n) is 1.71. The SMILES string of the molecule is CC(C)COCCNC(C)c1c(Cl)ccc(F)c1Cl. The number of hydrogen-bond acceptors (Lipinski definition) is 2. The summed E-state index contributed by atoms with van der Waals surface area (Å²) in [5.41, 5.74) is 0.590. The van der Waals surface area contributed by atoms with Crippen molar-refractivity contribution in [2.75, 3.05) is 19.8 Å². The van der Waals surface area contributed by atoms with E-state index >= 15 is 0 Å². The maximum atomic E-state index is 13.4. The first kappa shape index (κ1) is 16.7. The molecule has 2 nitrogen and oxygen atoms in total. The number of benzene rings is 1. The highest BCUT2D eigenvalue weighted by molar-refractivity contribution is 6.36. The molecule has 19 heavy (non-hydrogen) atoms. The summed E-state index contributed by atoms with van der Waals surface area (Å²) in [5.74, 6) is 0.0651. The Kier molecular flexibility index (Phi) is 7.08. The van der Waals surface area contributed by atoms with E-state index in [2.05, 4.69) is 19.2 Å². The molecule has 0 aromatic heterocycles. The first-order valence-corrected chi connectivity index (χ1v) is 7.13. The number of hydrogen-bond donors (Lipinski definition) is 1. The van der Waals surface area contributed by atoms with Crippen LogP contribution < -0.4 is 5.32 Å². The van der Waals surface area contributed by atoms with E-state index in [0.29, 0.717) is 29.7 Å². The standard InChI is InChI=1S/C14H20Cl2FNO/c1-9(2)8-19-7-6-18-10(3)13-11(15)4-5-12(17)14(13)16/h4-5,9-10,18H,6-8H2,1-3H3. The van der Waals surface area contributed by atoms with Crippen molar-refractivity contribution in [1.82, 2.24) is 5.32 Å². The fourth-order valence-corrected chi connectivity index (χ4v) is 2.41. The zero-order valence-corrected chi connectivity index (χ0v) is 13.0. The molecule has 1 aromatic rings. The summed E-state index contributed by atoms with van der Waals surface area (Å²) < 4.78 is 18.9. The predicted octanol–water partition coefficient (Wildman–Crippen LogP) is 4.46. The zero-order chi connectivity index (χ0) is 14.4. The molecule has 0 spiro atoms. The van der Waals surface area contributed by atoms with Crippen molar-refractivity contribution in [3.63, 3.8) is 0 Å². The normalized spacial score (nSPS) is 13.0. The van der Waals surface area contributed by atoms with Gasteiger partial charge in [0.15, 0.2) is 0 Å². The van der Waals surface area contributed by atoms with Crippen LogP contribution in [0.3, 0.4) is 0 Å². The quantitative estimate of drug-likeness (QED) is 0.593. The smallest absolute Gasteiger partial charge is 0.142 e. The van der Waals surface area contributed by atoms with Crippen molar-refractivity contribution >= 4 is 23.2 Å². The molecule has 5 heteroatoms. The minimum absolute atomic E-state index is 0.0793. The minimum atomic E-state index is -0.453. The summed E-state index contributed by atoms with van der Waals surface area (Å²) in [6, 6.07) is 2.66. The molecule has 1 atom stereocenters. The van der Waals surface area contributed by atoms with Gasteiger partial charge < -0.3 is 10.1 Å². The Morgan fingerprint density at radius 3 is 2.58 bits per heavy atom. The summed E-state index contributed by atoms with van der Waals surface area (Å²) in [4.78, 5) is 0. The van der Waals surface area contributed by atoms with Crippen molar-refractivity contribution < 1.29 is 9.13 Å². The molecule has 0 aliphatic carbocycles. The Bertz CT molecular complexity index is 413. The van der Waals surface area contributed by atoms with Gasteiger partial charge in [-0.25, -0.2) is 4.39 Å². The van der Waals surface area contributed by atoms with Crippen LogP contribution in [0.1, 0.15) is 32.4 Å². The first-order valence-electron chi connectivity index (χ1n) is 6.38. The Morgan fingerprint density at radius 1 is 1.26 bits per heavy atom. The van der Waals surface area contributed by atoms with Crippen LogP contribution in [0.25, 0.3) is 0 Å². The van der Waals surface area contributed by atoms with Crippen LogP contribution in [0.15, 0.2) is 12.1 Å². The molecule has 1 aromatic carbocycles. The number of rotatable bonds is 7. The fraction of sp³-hybridized carbons (Fsp3) is 0.571. The summed E-state index contributed by atoms with van der Waals surface area (Å²) in [7, 11) is 0. The molecular formula is C14H20Cl2FNO. The van der Waals surface area contributed by atoms with Gasteiger partial charge in [0.05, 0.1) is 11.6 Å². The van der Waals surface area contributed by atoms with Crippen molar-refractivity contribution in [2.24, 2.45) is 5.92 Å². The Labute approximate surface area is 124 Å². The van der Waals surface area contributed by atoms with Gasteiger partial charge in [-0.1, -0.05) is 37.0 Å². The third-order valence-corrected chi connectivity index (χ3v) is 3.37. The molecule has 0 fully saturated rings. The van der Waals surface area contributed by atoms with Crippen LogP contribution in [0.5, 0.6) is 0 Å². The van der Waals surface area contributed by atoms with Gasteiger partial charge in [-0.15, -0.1) is 0 Å². The lowest BCUT2D eigenvalue weighted by Gasteiger charge is -2.17. The highest BCUT2D eigenvalue weighted by Crippen LogP contribution is 2.32. The van der Waals surface area contributed by atoms with E-state index in [0.717, 1.165) is 6.61 Å². The van der Waals surface area contributed by atoms with Crippen LogP contribution in [-0.4, -0.2) is 19.8 Å². The number of nitrogens with one attached hydrogen (secondary N) is 1. The zero-order valence-electron chi connectivity index (χ0n) is 11.5. The number of ether oxygens (including phenoxy) is 1. The van der Waals surface area contributed by atoms with Crippen LogP contribution in [0.2, 0.25) is 10.0 Å². The van der Waals surface area contributed by atoms with Crippen molar-refractivity contribution in [2.45, 2.75) is 26.8 Å². The average Bonchev–Trinajstić information content (AvgIpc) is 2.33. The van der Waals surface area contributed by atoms with Crippen molar-refractivity contribution in [3.05, 3.63) is 33.6 Å².